The van der Waals surface area contributed by atoms with Crippen LogP contribution in [0.4, 0.5) is 0 Å². The molecule has 0 spiro atoms. The van der Waals surface area contributed by atoms with Crippen molar-refractivity contribution in [2.45, 2.75) is 25.3 Å². The molecule has 3 atom stereocenters. The Hall–Kier alpha value is -0.330. The standard InChI is InChI=1S/C15H25N3OS.2ClH/c1-18(2)14(12-6-7-20-10-12)9-17-15(19)13-5-3-4-11(13)8-16;;/h6-7,10-11,13-14H,3-5,8-9,16H2,1-2H3,(H,17,19);2*1H/t11-,13-,14?;;/m1../s1. The summed E-state index contributed by atoms with van der Waals surface area (Å²) in [4.78, 5) is 14.5. The van der Waals surface area contributed by atoms with Crippen molar-refractivity contribution in [3.8, 4) is 0 Å². The maximum Gasteiger partial charge on any atom is 0.223 e. The number of nitrogens with one attached hydrogen (secondary N) is 1. The summed E-state index contributed by atoms with van der Waals surface area (Å²) in [5.74, 6) is 0.666. The summed E-state index contributed by atoms with van der Waals surface area (Å²) in [7, 11) is 4.10. The van der Waals surface area contributed by atoms with Crippen LogP contribution in [0.5, 0.6) is 0 Å². The minimum absolute atomic E-state index is 0. The van der Waals surface area contributed by atoms with E-state index in [0.717, 1.165) is 19.3 Å². The number of likely N-dealkylation sites (N-methyl/N-ethyl adjacent to an activating group) is 1. The monoisotopic (exact) mass is 367 g/mol. The highest BCUT2D eigenvalue weighted by Gasteiger charge is 2.32. The largest absolute Gasteiger partial charge is 0.354 e. The number of rotatable bonds is 6. The molecule has 0 aliphatic heterocycles. The number of nitrogens with two attached hydrogens (primary N) is 1. The fraction of sp³-hybridized carbons (Fsp3) is 0.667. The molecule has 0 radical (unpaired) electrons. The first-order valence-corrected chi connectivity index (χ1v) is 8.24. The van der Waals surface area contributed by atoms with Gasteiger partial charge in [-0.25, -0.2) is 0 Å². The van der Waals surface area contributed by atoms with Gasteiger partial charge in [-0.05, 0) is 61.8 Å². The summed E-state index contributed by atoms with van der Waals surface area (Å²) in [6, 6.07) is 2.36. The zero-order valence-electron chi connectivity index (χ0n) is 13.2. The number of amides is 1. The van der Waals surface area contributed by atoms with Gasteiger partial charge in [-0.2, -0.15) is 11.3 Å². The van der Waals surface area contributed by atoms with E-state index in [4.69, 9.17) is 5.73 Å². The van der Waals surface area contributed by atoms with Crippen LogP contribution in [0.15, 0.2) is 16.8 Å². The third-order valence-corrected chi connectivity index (χ3v) is 5.02. The molecule has 22 heavy (non-hydrogen) atoms. The molecule has 1 heterocycles. The van der Waals surface area contributed by atoms with E-state index in [2.05, 4.69) is 27.0 Å². The number of thiophene rings is 1. The lowest BCUT2D eigenvalue weighted by Gasteiger charge is -2.25. The Morgan fingerprint density at radius 1 is 1.45 bits per heavy atom. The summed E-state index contributed by atoms with van der Waals surface area (Å²) in [5, 5.41) is 7.35. The Bertz CT molecular complexity index is 428. The third-order valence-electron chi connectivity index (χ3n) is 4.32. The predicted molar refractivity (Wildman–Crippen MR) is 98.1 cm³/mol. The van der Waals surface area contributed by atoms with Gasteiger partial charge >= 0.3 is 0 Å². The highest BCUT2D eigenvalue weighted by Crippen LogP contribution is 2.31. The van der Waals surface area contributed by atoms with Gasteiger partial charge in [0.15, 0.2) is 0 Å². The molecule has 1 fully saturated rings. The van der Waals surface area contributed by atoms with E-state index >= 15 is 0 Å². The molecule has 1 unspecified atom stereocenters. The van der Waals surface area contributed by atoms with Crippen molar-refractivity contribution in [1.29, 1.82) is 0 Å². The van der Waals surface area contributed by atoms with E-state index in [0.29, 0.717) is 19.0 Å². The summed E-state index contributed by atoms with van der Waals surface area (Å²) in [5.41, 5.74) is 7.02. The molecule has 1 amide bonds. The molecule has 7 heteroatoms. The minimum Gasteiger partial charge on any atom is -0.354 e. The second kappa shape index (κ2) is 10.4. The first-order chi connectivity index (χ1) is 9.63. The van der Waals surface area contributed by atoms with Gasteiger partial charge in [-0.3, -0.25) is 4.79 Å². The van der Waals surface area contributed by atoms with Crippen LogP contribution in [0.3, 0.4) is 0 Å². The molecule has 3 N–H and O–H groups in total. The average molecular weight is 368 g/mol. The number of halogens is 2. The van der Waals surface area contributed by atoms with Crippen LogP contribution in [0, 0.1) is 11.8 Å². The molecule has 128 valence electrons. The van der Waals surface area contributed by atoms with Crippen molar-refractivity contribution in [3.63, 3.8) is 0 Å². The maximum atomic E-state index is 12.3. The molecular formula is C15H27Cl2N3OS. The third kappa shape index (κ3) is 5.39. The topological polar surface area (TPSA) is 58.4 Å². The van der Waals surface area contributed by atoms with Crippen LogP contribution in [0.25, 0.3) is 0 Å². The van der Waals surface area contributed by atoms with E-state index in [9.17, 15) is 4.79 Å². The fourth-order valence-electron chi connectivity index (χ4n) is 3.06. The van der Waals surface area contributed by atoms with E-state index in [1.54, 1.807) is 11.3 Å². The van der Waals surface area contributed by atoms with Crippen LogP contribution in [-0.2, 0) is 4.79 Å². The molecule has 1 saturated carbocycles. The van der Waals surface area contributed by atoms with Gasteiger partial charge in [-0.15, -0.1) is 24.8 Å². The summed E-state index contributed by atoms with van der Waals surface area (Å²) in [6.07, 6.45) is 3.20. The fourth-order valence-corrected chi connectivity index (χ4v) is 3.76. The minimum atomic E-state index is 0. The zero-order chi connectivity index (χ0) is 14.5. The molecule has 4 nitrogen and oxygen atoms in total. The number of carbonyl (C=O) groups excluding carboxylic acids is 1. The Kier molecular flexibility index (Phi) is 10.3. The van der Waals surface area contributed by atoms with E-state index < -0.39 is 0 Å². The van der Waals surface area contributed by atoms with Crippen LogP contribution in [0.1, 0.15) is 30.9 Å². The van der Waals surface area contributed by atoms with E-state index in [1.165, 1.54) is 5.56 Å². The predicted octanol–water partition coefficient (Wildman–Crippen LogP) is 2.69. The zero-order valence-corrected chi connectivity index (χ0v) is 15.6. The van der Waals surface area contributed by atoms with Crippen molar-refractivity contribution in [1.82, 2.24) is 10.2 Å². The first-order valence-electron chi connectivity index (χ1n) is 7.29. The quantitative estimate of drug-likeness (QED) is 0.812. The van der Waals surface area contributed by atoms with Gasteiger partial charge in [0, 0.05) is 12.5 Å². The molecule has 1 aromatic heterocycles. The highest BCUT2D eigenvalue weighted by atomic mass is 35.5. The van der Waals surface area contributed by atoms with Gasteiger partial charge in [0.1, 0.15) is 0 Å². The van der Waals surface area contributed by atoms with E-state index in [-0.39, 0.29) is 42.7 Å². The van der Waals surface area contributed by atoms with Crippen LogP contribution < -0.4 is 11.1 Å². The summed E-state index contributed by atoms with van der Waals surface area (Å²) >= 11 is 1.69. The van der Waals surface area contributed by atoms with Crippen molar-refractivity contribution < 1.29 is 4.79 Å². The highest BCUT2D eigenvalue weighted by molar-refractivity contribution is 7.07. The normalized spacial score (nSPS) is 21.8. The lowest BCUT2D eigenvalue weighted by Crippen LogP contribution is -2.39. The molecule has 1 aliphatic rings. The molecule has 1 aromatic rings. The molecule has 2 rings (SSSR count). The Labute approximate surface area is 149 Å². The lowest BCUT2D eigenvalue weighted by atomic mass is 9.95. The van der Waals surface area contributed by atoms with Crippen molar-refractivity contribution >= 4 is 42.1 Å². The molecule has 1 aliphatic carbocycles. The van der Waals surface area contributed by atoms with Crippen molar-refractivity contribution in [2.75, 3.05) is 27.2 Å². The summed E-state index contributed by atoms with van der Waals surface area (Å²) < 4.78 is 0. The van der Waals surface area contributed by atoms with Gasteiger partial charge < -0.3 is 16.0 Å². The Balaban J connectivity index is 0.00000220. The SMILES string of the molecule is CN(C)C(CNC(=O)[C@@H]1CCC[C@@H]1CN)c1ccsc1.Cl.Cl. The average Bonchev–Trinajstić information content (AvgIpc) is 3.09. The smallest absolute Gasteiger partial charge is 0.223 e. The Morgan fingerprint density at radius 3 is 2.73 bits per heavy atom. The first kappa shape index (κ1) is 21.7. The number of hydrogen-bond acceptors (Lipinski definition) is 4. The van der Waals surface area contributed by atoms with Gasteiger partial charge in [0.25, 0.3) is 0 Å². The van der Waals surface area contributed by atoms with Gasteiger partial charge in [-0.1, -0.05) is 6.42 Å². The van der Waals surface area contributed by atoms with Gasteiger partial charge in [0.05, 0.1) is 6.04 Å². The Morgan fingerprint density at radius 2 is 2.18 bits per heavy atom. The summed E-state index contributed by atoms with van der Waals surface area (Å²) in [6.45, 7) is 1.29. The second-order valence-corrected chi connectivity index (χ2v) is 6.59. The van der Waals surface area contributed by atoms with Crippen LogP contribution >= 0.6 is 36.2 Å². The molecule has 0 bridgehead atoms. The van der Waals surface area contributed by atoms with Gasteiger partial charge in [0.2, 0.25) is 5.91 Å². The molecule has 0 aromatic carbocycles. The van der Waals surface area contributed by atoms with Crippen LogP contribution in [-0.4, -0.2) is 38.0 Å². The van der Waals surface area contributed by atoms with E-state index in [1.807, 2.05) is 14.1 Å². The number of hydrogen-bond donors (Lipinski definition) is 2. The maximum absolute atomic E-state index is 12.3. The number of nitrogens with zero attached hydrogens (tertiary/aromatic N) is 1. The number of carbonyl (C=O) groups is 1. The van der Waals surface area contributed by atoms with Crippen LogP contribution in [0.2, 0.25) is 0 Å². The second-order valence-electron chi connectivity index (χ2n) is 5.81. The molecular weight excluding hydrogens is 341 g/mol. The van der Waals surface area contributed by atoms with Crippen molar-refractivity contribution in [2.24, 2.45) is 17.6 Å². The molecule has 0 saturated heterocycles. The van der Waals surface area contributed by atoms with Crippen molar-refractivity contribution in [3.05, 3.63) is 22.4 Å². The lowest BCUT2D eigenvalue weighted by molar-refractivity contribution is -0.126.